The zero-order valence-electron chi connectivity index (χ0n) is 22.0. The van der Waals surface area contributed by atoms with Crippen LogP contribution >= 0.6 is 0 Å². The van der Waals surface area contributed by atoms with Gasteiger partial charge in [0, 0.05) is 16.3 Å². The van der Waals surface area contributed by atoms with E-state index in [0.29, 0.717) is 27.7 Å². The van der Waals surface area contributed by atoms with E-state index in [4.69, 9.17) is 9.72 Å². The summed E-state index contributed by atoms with van der Waals surface area (Å²) in [6.45, 7) is 7.44. The number of benzene rings is 3. The number of fused-ring (bicyclic) bond motifs is 3. The molecule has 0 saturated carbocycles. The highest BCUT2D eigenvalue weighted by Gasteiger charge is 2.30. The van der Waals surface area contributed by atoms with E-state index in [1.165, 1.54) is 8.87 Å². The summed E-state index contributed by atoms with van der Waals surface area (Å²) in [5, 5.41) is 1.50. The van der Waals surface area contributed by atoms with Crippen LogP contribution in [0, 0.1) is 6.92 Å². The minimum Gasteiger partial charge on any atom is -0.443 e. The average Bonchev–Trinajstić information content (AvgIpc) is 3.18. The molecule has 0 bridgehead atoms. The lowest BCUT2D eigenvalue weighted by molar-refractivity contribution is 0.0551. The van der Waals surface area contributed by atoms with Crippen LogP contribution in [-0.2, 0) is 14.8 Å². The van der Waals surface area contributed by atoms with Crippen LogP contribution in [0.2, 0.25) is 0 Å². The Hall–Kier alpha value is -4.17. The summed E-state index contributed by atoms with van der Waals surface area (Å²) in [7, 11) is -3.79. The number of hydrogen-bond donors (Lipinski definition) is 0. The second-order valence-corrected chi connectivity index (χ2v) is 12.1. The Labute approximate surface area is 222 Å². The quantitative estimate of drug-likeness (QED) is 0.250. The molecule has 0 aliphatic carbocycles. The molecule has 0 radical (unpaired) electrons. The maximum Gasteiger partial charge on any atom is 0.419 e. The van der Waals surface area contributed by atoms with Gasteiger partial charge in [-0.2, -0.15) is 0 Å². The van der Waals surface area contributed by atoms with Crippen molar-refractivity contribution in [1.29, 1.82) is 0 Å². The molecule has 0 aliphatic heterocycles. The number of anilines is 2. The topological polar surface area (TPSA) is 81.5 Å². The number of carbonyl (C=O) groups is 1. The van der Waals surface area contributed by atoms with Crippen LogP contribution in [0.5, 0.6) is 0 Å². The number of carbonyl (C=O) groups excluding carboxylic acids is 1. The minimum absolute atomic E-state index is 0.252. The third-order valence-corrected chi connectivity index (χ3v) is 7.17. The van der Waals surface area contributed by atoms with Gasteiger partial charge in [0.25, 0.3) is 0 Å². The standard InChI is InChI=1S/C30H29N3O4S/c1-20-15-17-21(18-16-20)26-27-23-13-9-10-14-24(23)32(29(34)37-30(2,3)4)25(27)19-31-28(26)33(38(5,35)36)22-11-7-6-8-12-22/h6-19H,1-5H3. The first kappa shape index (κ1) is 25.5. The van der Waals surface area contributed by atoms with Crippen LogP contribution in [0.25, 0.3) is 32.9 Å². The molecular formula is C30H29N3O4S. The lowest BCUT2D eigenvalue weighted by atomic mass is 9.99. The summed E-state index contributed by atoms with van der Waals surface area (Å²) in [6.07, 6.45) is 2.18. The van der Waals surface area contributed by atoms with Crippen molar-refractivity contribution in [2.75, 3.05) is 10.6 Å². The molecular weight excluding hydrogens is 498 g/mol. The zero-order chi connectivity index (χ0) is 27.2. The Kier molecular flexibility index (Phi) is 6.23. The van der Waals surface area contributed by atoms with E-state index in [2.05, 4.69) is 0 Å². The molecule has 8 heteroatoms. The van der Waals surface area contributed by atoms with E-state index in [1.54, 1.807) is 30.5 Å². The summed E-state index contributed by atoms with van der Waals surface area (Å²) < 4.78 is 35.0. The number of pyridine rings is 1. The van der Waals surface area contributed by atoms with Gasteiger partial charge in [0.1, 0.15) is 5.60 Å². The van der Waals surface area contributed by atoms with Gasteiger partial charge in [0.15, 0.2) is 5.82 Å². The molecule has 0 spiro atoms. The molecule has 5 rings (SSSR count). The second kappa shape index (κ2) is 9.29. The van der Waals surface area contributed by atoms with Crippen molar-refractivity contribution in [3.05, 3.63) is 90.6 Å². The number of aromatic nitrogens is 2. The molecule has 0 N–H and O–H groups in total. The Morgan fingerprint density at radius 3 is 2.16 bits per heavy atom. The first-order valence-corrected chi connectivity index (χ1v) is 14.1. The molecule has 3 aromatic carbocycles. The van der Waals surface area contributed by atoms with Gasteiger partial charge in [-0.15, -0.1) is 0 Å². The maximum atomic E-state index is 13.4. The fourth-order valence-electron chi connectivity index (χ4n) is 4.63. The predicted molar refractivity (Wildman–Crippen MR) is 152 cm³/mol. The Bertz CT molecular complexity index is 1770. The van der Waals surface area contributed by atoms with Crippen molar-refractivity contribution in [1.82, 2.24) is 9.55 Å². The monoisotopic (exact) mass is 527 g/mol. The molecule has 0 saturated heterocycles. The fraction of sp³-hybridized carbons (Fsp3) is 0.200. The first-order valence-electron chi connectivity index (χ1n) is 12.2. The maximum absolute atomic E-state index is 13.4. The normalized spacial score (nSPS) is 12.1. The van der Waals surface area contributed by atoms with Gasteiger partial charge in [-0.05, 0) is 51.5 Å². The smallest absolute Gasteiger partial charge is 0.419 e. The molecule has 38 heavy (non-hydrogen) atoms. The third kappa shape index (κ3) is 4.63. The molecule has 194 valence electrons. The van der Waals surface area contributed by atoms with Crippen LogP contribution in [0.1, 0.15) is 26.3 Å². The lowest BCUT2D eigenvalue weighted by Gasteiger charge is -2.25. The van der Waals surface area contributed by atoms with Crippen LogP contribution < -0.4 is 4.31 Å². The summed E-state index contributed by atoms with van der Waals surface area (Å²) in [5.74, 6) is 0.252. The SMILES string of the molecule is Cc1ccc(-c2c(N(c3ccccc3)S(C)(=O)=O)ncc3c2c2ccccc2n3C(=O)OC(C)(C)C)cc1. The van der Waals surface area contributed by atoms with Crippen molar-refractivity contribution in [2.24, 2.45) is 0 Å². The van der Waals surface area contributed by atoms with Gasteiger partial charge in [-0.3, -0.25) is 0 Å². The lowest BCUT2D eigenvalue weighted by Crippen LogP contribution is -2.27. The van der Waals surface area contributed by atoms with E-state index >= 15 is 0 Å². The molecule has 5 aromatic rings. The van der Waals surface area contributed by atoms with Crippen LogP contribution in [0.15, 0.2) is 85.1 Å². The summed E-state index contributed by atoms with van der Waals surface area (Å²) in [4.78, 5) is 18.1. The van der Waals surface area contributed by atoms with E-state index in [-0.39, 0.29) is 5.82 Å². The number of sulfonamides is 1. The van der Waals surface area contributed by atoms with Gasteiger partial charge < -0.3 is 4.74 Å². The van der Waals surface area contributed by atoms with E-state index < -0.39 is 21.7 Å². The molecule has 0 amide bonds. The van der Waals surface area contributed by atoms with E-state index in [0.717, 1.165) is 22.8 Å². The molecule has 0 fully saturated rings. The van der Waals surface area contributed by atoms with Crippen molar-refractivity contribution >= 4 is 49.4 Å². The number of rotatable bonds is 4. The van der Waals surface area contributed by atoms with E-state index in [9.17, 15) is 13.2 Å². The molecule has 2 aromatic heterocycles. The first-order chi connectivity index (χ1) is 18.0. The molecule has 0 atom stereocenters. The number of para-hydroxylation sites is 2. The Morgan fingerprint density at radius 1 is 0.895 bits per heavy atom. The van der Waals surface area contributed by atoms with Crippen molar-refractivity contribution in [3.8, 4) is 11.1 Å². The van der Waals surface area contributed by atoms with Crippen LogP contribution in [0.3, 0.4) is 0 Å². The highest BCUT2D eigenvalue weighted by atomic mass is 32.2. The van der Waals surface area contributed by atoms with Crippen molar-refractivity contribution < 1.29 is 17.9 Å². The van der Waals surface area contributed by atoms with E-state index in [1.807, 2.05) is 82.3 Å². The van der Waals surface area contributed by atoms with Gasteiger partial charge in [0.2, 0.25) is 10.0 Å². The number of ether oxygens (including phenoxy) is 1. The van der Waals surface area contributed by atoms with Gasteiger partial charge in [-0.1, -0.05) is 66.2 Å². The van der Waals surface area contributed by atoms with Gasteiger partial charge in [-0.25, -0.2) is 27.1 Å². The average molecular weight is 528 g/mol. The van der Waals surface area contributed by atoms with Crippen LogP contribution in [-0.4, -0.2) is 35.9 Å². The minimum atomic E-state index is -3.79. The summed E-state index contributed by atoms with van der Waals surface area (Å²) in [5.41, 5.74) is 3.38. The third-order valence-electron chi connectivity index (χ3n) is 6.13. The van der Waals surface area contributed by atoms with Crippen molar-refractivity contribution in [3.63, 3.8) is 0 Å². The molecule has 7 nitrogen and oxygen atoms in total. The Morgan fingerprint density at radius 2 is 1.53 bits per heavy atom. The number of hydrogen-bond acceptors (Lipinski definition) is 5. The Balaban J connectivity index is 1.94. The summed E-state index contributed by atoms with van der Waals surface area (Å²) >= 11 is 0. The highest BCUT2D eigenvalue weighted by Crippen LogP contribution is 2.44. The molecule has 2 heterocycles. The number of nitrogens with zero attached hydrogens (tertiary/aromatic N) is 3. The van der Waals surface area contributed by atoms with Gasteiger partial charge in [0.05, 0.1) is 29.2 Å². The molecule has 0 unspecified atom stereocenters. The zero-order valence-corrected chi connectivity index (χ0v) is 22.8. The second-order valence-electron chi connectivity index (χ2n) is 10.3. The summed E-state index contributed by atoms with van der Waals surface area (Å²) in [6, 6.07) is 24.2. The number of aryl methyl sites for hydroxylation is 1. The van der Waals surface area contributed by atoms with Gasteiger partial charge >= 0.3 is 6.09 Å². The molecule has 0 aliphatic rings. The highest BCUT2D eigenvalue weighted by molar-refractivity contribution is 7.92. The van der Waals surface area contributed by atoms with Crippen LogP contribution in [0.4, 0.5) is 16.3 Å². The fourth-order valence-corrected chi connectivity index (χ4v) is 5.59. The van der Waals surface area contributed by atoms with Crippen molar-refractivity contribution in [2.45, 2.75) is 33.3 Å². The predicted octanol–water partition coefficient (Wildman–Crippen LogP) is 7.05. The largest absolute Gasteiger partial charge is 0.443 e.